The summed E-state index contributed by atoms with van der Waals surface area (Å²) in [4.78, 5) is 34.2. The van der Waals surface area contributed by atoms with E-state index in [4.69, 9.17) is 9.47 Å². The number of carbonyl (C=O) groups is 2. The number of carbonyl (C=O) groups excluding carboxylic acids is 2. The molecule has 2 heterocycles. The second kappa shape index (κ2) is 7.16. The lowest BCUT2D eigenvalue weighted by Crippen LogP contribution is -2.28. The van der Waals surface area contributed by atoms with Gasteiger partial charge in [0.1, 0.15) is 11.5 Å². The molecule has 1 aromatic carbocycles. The maximum atomic E-state index is 12.4. The Labute approximate surface area is 144 Å². The molecule has 1 fully saturated rings. The Morgan fingerprint density at radius 3 is 2.68 bits per heavy atom. The van der Waals surface area contributed by atoms with Gasteiger partial charge in [0.15, 0.2) is 0 Å². The van der Waals surface area contributed by atoms with Crippen molar-refractivity contribution in [3.8, 4) is 11.5 Å². The molecule has 1 aliphatic rings. The highest BCUT2D eigenvalue weighted by atomic mass is 16.5. The molecule has 2 aromatic rings. The summed E-state index contributed by atoms with van der Waals surface area (Å²) in [6, 6.07) is 6.85. The first-order valence-electron chi connectivity index (χ1n) is 7.72. The van der Waals surface area contributed by atoms with E-state index in [1.165, 1.54) is 19.5 Å². The highest BCUT2D eigenvalue weighted by Gasteiger charge is 2.36. The fraction of sp³-hybridized carbons (Fsp3) is 0.294. The number of amides is 2. The molecule has 1 saturated heterocycles. The molecule has 25 heavy (non-hydrogen) atoms. The van der Waals surface area contributed by atoms with Crippen molar-refractivity contribution in [1.82, 2.24) is 9.97 Å². The van der Waals surface area contributed by atoms with Crippen molar-refractivity contribution in [2.45, 2.75) is 6.42 Å². The molecule has 0 bridgehead atoms. The number of ether oxygens (including phenoxy) is 2. The van der Waals surface area contributed by atoms with Crippen LogP contribution in [-0.4, -0.2) is 42.5 Å². The van der Waals surface area contributed by atoms with Crippen molar-refractivity contribution in [3.05, 3.63) is 36.7 Å². The average molecular weight is 342 g/mol. The van der Waals surface area contributed by atoms with E-state index in [1.807, 2.05) is 0 Å². The number of nitrogens with one attached hydrogen (secondary N) is 1. The third-order valence-corrected chi connectivity index (χ3v) is 3.97. The first kappa shape index (κ1) is 16.7. The van der Waals surface area contributed by atoms with E-state index < -0.39 is 5.92 Å². The summed E-state index contributed by atoms with van der Waals surface area (Å²) in [5.74, 6) is 0.457. The van der Waals surface area contributed by atoms with E-state index in [9.17, 15) is 9.59 Å². The molecule has 1 aromatic heterocycles. The zero-order valence-corrected chi connectivity index (χ0v) is 13.9. The number of aromatic nitrogens is 2. The zero-order valence-electron chi connectivity index (χ0n) is 13.9. The Morgan fingerprint density at radius 2 is 2.00 bits per heavy atom. The second-order valence-electron chi connectivity index (χ2n) is 5.50. The maximum absolute atomic E-state index is 12.4. The van der Waals surface area contributed by atoms with Crippen molar-refractivity contribution >= 4 is 23.5 Å². The van der Waals surface area contributed by atoms with Gasteiger partial charge >= 0.3 is 0 Å². The molecule has 2 amide bonds. The van der Waals surface area contributed by atoms with Crippen LogP contribution in [0, 0.1) is 5.92 Å². The fourth-order valence-corrected chi connectivity index (χ4v) is 2.70. The number of nitrogens with zero attached hydrogens (tertiary/aromatic N) is 3. The number of benzene rings is 1. The second-order valence-corrected chi connectivity index (χ2v) is 5.50. The van der Waals surface area contributed by atoms with E-state index in [-0.39, 0.29) is 30.7 Å². The molecule has 8 nitrogen and oxygen atoms in total. The SMILES string of the molecule is COc1ccc(N2C[C@H](C(=O)Nc3ncccn3)CC2=O)c(OC)c1. The smallest absolute Gasteiger partial charge is 0.232 e. The van der Waals surface area contributed by atoms with Gasteiger partial charge in [0.25, 0.3) is 0 Å². The van der Waals surface area contributed by atoms with Crippen molar-refractivity contribution in [2.24, 2.45) is 5.92 Å². The lowest BCUT2D eigenvalue weighted by atomic mass is 10.1. The van der Waals surface area contributed by atoms with Gasteiger partial charge < -0.3 is 14.4 Å². The van der Waals surface area contributed by atoms with Gasteiger partial charge in [-0.15, -0.1) is 0 Å². The van der Waals surface area contributed by atoms with E-state index in [2.05, 4.69) is 15.3 Å². The van der Waals surface area contributed by atoms with Crippen LogP contribution in [0.1, 0.15) is 6.42 Å². The Kier molecular flexibility index (Phi) is 4.78. The Balaban J connectivity index is 1.75. The van der Waals surface area contributed by atoms with Crippen molar-refractivity contribution < 1.29 is 19.1 Å². The molecular formula is C17H18N4O4. The van der Waals surface area contributed by atoms with E-state index in [0.717, 1.165) is 0 Å². The summed E-state index contributed by atoms with van der Waals surface area (Å²) in [5, 5.41) is 2.63. The van der Waals surface area contributed by atoms with Crippen LogP contribution in [0.25, 0.3) is 0 Å². The zero-order chi connectivity index (χ0) is 17.8. The molecule has 0 spiro atoms. The highest BCUT2D eigenvalue weighted by molar-refractivity contribution is 6.03. The minimum atomic E-state index is -0.483. The lowest BCUT2D eigenvalue weighted by Gasteiger charge is -2.20. The lowest BCUT2D eigenvalue weighted by molar-refractivity contribution is -0.122. The van der Waals surface area contributed by atoms with Gasteiger partial charge in [-0.1, -0.05) is 0 Å². The van der Waals surface area contributed by atoms with Crippen molar-refractivity contribution in [3.63, 3.8) is 0 Å². The summed E-state index contributed by atoms with van der Waals surface area (Å²) in [6.07, 6.45) is 3.20. The topological polar surface area (TPSA) is 93.6 Å². The van der Waals surface area contributed by atoms with E-state index in [0.29, 0.717) is 17.2 Å². The fourth-order valence-electron chi connectivity index (χ4n) is 2.70. The molecule has 8 heteroatoms. The Hall–Kier alpha value is -3.16. The molecule has 0 radical (unpaired) electrons. The van der Waals surface area contributed by atoms with Crippen LogP contribution < -0.4 is 19.7 Å². The number of anilines is 2. The van der Waals surface area contributed by atoms with Gasteiger partial charge in [0, 0.05) is 31.4 Å². The molecule has 1 aliphatic heterocycles. The number of rotatable bonds is 5. The minimum absolute atomic E-state index is 0.119. The summed E-state index contributed by atoms with van der Waals surface area (Å²) in [5.41, 5.74) is 0.611. The van der Waals surface area contributed by atoms with E-state index >= 15 is 0 Å². The van der Waals surface area contributed by atoms with Gasteiger partial charge in [0.2, 0.25) is 17.8 Å². The monoisotopic (exact) mass is 342 g/mol. The molecule has 1 N–H and O–H groups in total. The highest BCUT2D eigenvalue weighted by Crippen LogP contribution is 2.35. The predicted octanol–water partition coefficient (Wildman–Crippen LogP) is 1.49. The van der Waals surface area contributed by atoms with Gasteiger partial charge in [-0.25, -0.2) is 9.97 Å². The molecular weight excluding hydrogens is 324 g/mol. The first-order valence-corrected chi connectivity index (χ1v) is 7.72. The standard InChI is InChI=1S/C17H18N4O4/c1-24-12-4-5-13(14(9-12)25-2)21-10-11(8-15(21)22)16(23)20-17-18-6-3-7-19-17/h3-7,9,11H,8,10H2,1-2H3,(H,18,19,20,23)/t11-/m1/s1. The van der Waals surface area contributed by atoms with Gasteiger partial charge in [-0.05, 0) is 18.2 Å². The largest absolute Gasteiger partial charge is 0.497 e. The number of hydrogen-bond acceptors (Lipinski definition) is 6. The van der Waals surface area contributed by atoms with E-state index in [1.54, 1.807) is 36.3 Å². The van der Waals surface area contributed by atoms with Crippen LogP contribution in [0.3, 0.4) is 0 Å². The van der Waals surface area contributed by atoms with Crippen LogP contribution in [0.4, 0.5) is 11.6 Å². The van der Waals surface area contributed by atoms with Gasteiger partial charge in [0.05, 0.1) is 25.8 Å². The molecule has 1 atom stereocenters. The normalized spacial score (nSPS) is 16.6. The van der Waals surface area contributed by atoms with Gasteiger partial charge in [-0.3, -0.25) is 14.9 Å². The Morgan fingerprint density at radius 1 is 1.24 bits per heavy atom. The third-order valence-electron chi connectivity index (χ3n) is 3.97. The molecule has 0 aliphatic carbocycles. The summed E-state index contributed by atoms with van der Waals surface area (Å²) >= 11 is 0. The first-order chi connectivity index (χ1) is 12.1. The Bertz CT molecular complexity index is 781. The average Bonchev–Trinajstić information content (AvgIpc) is 3.03. The molecule has 0 saturated carbocycles. The van der Waals surface area contributed by atoms with Gasteiger partial charge in [-0.2, -0.15) is 0 Å². The quantitative estimate of drug-likeness (QED) is 0.885. The molecule has 130 valence electrons. The molecule has 0 unspecified atom stereocenters. The van der Waals surface area contributed by atoms with Crippen molar-refractivity contribution in [1.29, 1.82) is 0 Å². The summed E-state index contributed by atoms with van der Waals surface area (Å²) < 4.78 is 10.5. The predicted molar refractivity (Wildman–Crippen MR) is 90.7 cm³/mol. The van der Waals surface area contributed by atoms with Crippen LogP contribution in [-0.2, 0) is 9.59 Å². The third kappa shape index (κ3) is 3.52. The summed E-state index contributed by atoms with van der Waals surface area (Å²) in [6.45, 7) is 0.264. The maximum Gasteiger partial charge on any atom is 0.232 e. The van der Waals surface area contributed by atoms with Crippen molar-refractivity contribution in [2.75, 3.05) is 31.0 Å². The van der Waals surface area contributed by atoms with Crippen LogP contribution in [0.2, 0.25) is 0 Å². The van der Waals surface area contributed by atoms with Crippen LogP contribution in [0.15, 0.2) is 36.7 Å². The summed E-state index contributed by atoms with van der Waals surface area (Å²) in [7, 11) is 3.08. The number of methoxy groups -OCH3 is 2. The van der Waals surface area contributed by atoms with Crippen LogP contribution in [0.5, 0.6) is 11.5 Å². The van der Waals surface area contributed by atoms with Crippen LogP contribution >= 0.6 is 0 Å². The minimum Gasteiger partial charge on any atom is -0.497 e. The number of hydrogen-bond donors (Lipinski definition) is 1. The molecule has 3 rings (SSSR count).